The van der Waals surface area contributed by atoms with E-state index in [9.17, 15) is 14.4 Å². The molecule has 0 saturated carbocycles. The van der Waals surface area contributed by atoms with Crippen molar-refractivity contribution < 1.29 is 23.9 Å². The lowest BCUT2D eigenvalue weighted by Crippen LogP contribution is -2.44. The number of rotatable bonds is 7. The van der Waals surface area contributed by atoms with Crippen molar-refractivity contribution in [2.75, 3.05) is 20.2 Å². The first-order chi connectivity index (χ1) is 20.0. The molecule has 0 unspecified atom stereocenters. The monoisotopic (exact) mass is 564 g/mol. The summed E-state index contributed by atoms with van der Waals surface area (Å²) in [5.74, 6) is 0.373. The van der Waals surface area contributed by atoms with Crippen LogP contribution in [0.1, 0.15) is 22.3 Å². The Hall–Kier alpha value is -4.56. The summed E-state index contributed by atoms with van der Waals surface area (Å²) in [6.45, 7) is 1.15. The minimum absolute atomic E-state index is 0.238. The number of fused-ring (bicyclic) bond motifs is 2. The van der Waals surface area contributed by atoms with Crippen LogP contribution in [-0.2, 0) is 29.2 Å². The zero-order valence-electron chi connectivity index (χ0n) is 22.5. The van der Waals surface area contributed by atoms with E-state index >= 15 is 0 Å². The van der Waals surface area contributed by atoms with Crippen LogP contribution in [0.2, 0.25) is 0 Å². The van der Waals surface area contributed by atoms with Gasteiger partial charge in [-0.05, 0) is 75.5 Å². The first-order valence-corrected chi connectivity index (χ1v) is 14.2. The first kappa shape index (κ1) is 26.7. The minimum atomic E-state index is -0.471. The lowest BCUT2D eigenvalue weighted by Gasteiger charge is -2.29. The Morgan fingerprint density at radius 2 is 1.68 bits per heavy atom. The third kappa shape index (κ3) is 5.69. The van der Waals surface area contributed by atoms with Crippen LogP contribution >= 0.6 is 11.8 Å². The summed E-state index contributed by atoms with van der Waals surface area (Å²) in [5, 5.41) is 1.87. The standard InChI is InChI=1S/C33H28N2O5S/c1-39-29-17-22(11-13-28(29)40-21-23-10-12-24-6-2-4-8-26(24)16-23)18-30-32(37)35(33(38)41-30)20-31(36)34-15-14-25-7-3-5-9-27(25)19-34/h2-13,16-18H,14-15,19-21H2,1H3/b30-18-. The summed E-state index contributed by atoms with van der Waals surface area (Å²) in [4.78, 5) is 41.8. The summed E-state index contributed by atoms with van der Waals surface area (Å²) >= 11 is 0.836. The second-order valence-corrected chi connectivity index (χ2v) is 11.0. The lowest BCUT2D eigenvalue weighted by atomic mass is 10.00. The number of ether oxygens (including phenoxy) is 2. The minimum Gasteiger partial charge on any atom is -0.493 e. The molecule has 2 aliphatic heterocycles. The van der Waals surface area contributed by atoms with Crippen LogP contribution in [-0.4, -0.2) is 47.1 Å². The molecule has 4 aromatic rings. The summed E-state index contributed by atoms with van der Waals surface area (Å²) in [6, 6.07) is 27.7. The van der Waals surface area contributed by atoms with E-state index in [4.69, 9.17) is 9.47 Å². The van der Waals surface area contributed by atoms with E-state index in [1.54, 1.807) is 30.2 Å². The van der Waals surface area contributed by atoms with E-state index in [-0.39, 0.29) is 17.4 Å². The molecule has 0 radical (unpaired) electrons. The number of nitrogens with zero attached hydrogens (tertiary/aromatic N) is 2. The molecule has 6 rings (SSSR count). The number of carbonyl (C=O) groups is 3. The maximum atomic E-state index is 13.1. The van der Waals surface area contributed by atoms with Gasteiger partial charge in [0.25, 0.3) is 11.1 Å². The average Bonchev–Trinajstić information content (AvgIpc) is 3.26. The number of methoxy groups -OCH3 is 1. The zero-order chi connectivity index (χ0) is 28.3. The molecular formula is C33H28N2O5S. The normalized spacial score (nSPS) is 15.9. The summed E-state index contributed by atoms with van der Waals surface area (Å²) in [5.41, 5.74) is 4.04. The number of benzene rings is 4. The molecule has 0 N–H and O–H groups in total. The van der Waals surface area contributed by atoms with E-state index in [1.165, 1.54) is 10.9 Å². The van der Waals surface area contributed by atoms with Crippen molar-refractivity contribution in [3.8, 4) is 11.5 Å². The molecule has 0 spiro atoms. The SMILES string of the molecule is COc1cc(/C=C2\SC(=O)N(CC(=O)N3CCc4ccccc4C3)C2=O)ccc1OCc1ccc2ccccc2c1. The summed E-state index contributed by atoms with van der Waals surface area (Å²) in [7, 11) is 1.56. The molecule has 2 aliphatic rings. The predicted octanol–water partition coefficient (Wildman–Crippen LogP) is 6.05. The third-order valence-corrected chi connectivity index (χ3v) is 8.25. The Morgan fingerprint density at radius 3 is 2.51 bits per heavy atom. The van der Waals surface area contributed by atoms with Crippen molar-refractivity contribution in [3.63, 3.8) is 0 Å². The van der Waals surface area contributed by atoms with Gasteiger partial charge in [-0.15, -0.1) is 0 Å². The Labute approximate surface area is 242 Å². The number of hydrogen-bond donors (Lipinski definition) is 0. The molecule has 2 heterocycles. The molecule has 4 aromatic carbocycles. The lowest BCUT2D eigenvalue weighted by molar-refractivity contribution is -0.136. The molecule has 0 aromatic heterocycles. The van der Waals surface area contributed by atoms with Crippen molar-refractivity contribution in [2.45, 2.75) is 19.6 Å². The maximum absolute atomic E-state index is 13.1. The molecule has 8 heteroatoms. The Bertz CT molecular complexity index is 1700. The molecule has 41 heavy (non-hydrogen) atoms. The van der Waals surface area contributed by atoms with Gasteiger partial charge >= 0.3 is 0 Å². The Balaban J connectivity index is 1.11. The zero-order valence-corrected chi connectivity index (χ0v) is 23.4. The quantitative estimate of drug-likeness (QED) is 0.255. The van der Waals surface area contributed by atoms with E-state index < -0.39 is 11.1 Å². The van der Waals surface area contributed by atoms with Crippen LogP contribution in [0.15, 0.2) is 89.8 Å². The van der Waals surface area contributed by atoms with Crippen LogP contribution in [0.3, 0.4) is 0 Å². The topological polar surface area (TPSA) is 76.2 Å². The predicted molar refractivity (Wildman–Crippen MR) is 160 cm³/mol. The van der Waals surface area contributed by atoms with Gasteiger partial charge in [-0.25, -0.2) is 0 Å². The van der Waals surface area contributed by atoms with E-state index in [0.717, 1.165) is 39.6 Å². The molecular weight excluding hydrogens is 536 g/mol. The summed E-state index contributed by atoms with van der Waals surface area (Å²) < 4.78 is 11.6. The van der Waals surface area contributed by atoms with Gasteiger partial charge in [-0.2, -0.15) is 0 Å². The van der Waals surface area contributed by atoms with Gasteiger partial charge in [0.15, 0.2) is 11.5 Å². The highest BCUT2D eigenvalue weighted by molar-refractivity contribution is 8.18. The van der Waals surface area contributed by atoms with E-state index in [1.807, 2.05) is 42.5 Å². The Morgan fingerprint density at radius 1 is 0.902 bits per heavy atom. The van der Waals surface area contributed by atoms with Crippen LogP contribution in [0, 0.1) is 0 Å². The van der Waals surface area contributed by atoms with Gasteiger partial charge in [0, 0.05) is 13.1 Å². The van der Waals surface area contributed by atoms with Crippen molar-refractivity contribution in [3.05, 3.63) is 112 Å². The number of carbonyl (C=O) groups excluding carboxylic acids is 3. The highest BCUT2D eigenvalue weighted by Crippen LogP contribution is 2.35. The third-order valence-electron chi connectivity index (χ3n) is 7.34. The van der Waals surface area contributed by atoms with Gasteiger partial charge in [-0.3, -0.25) is 19.3 Å². The van der Waals surface area contributed by atoms with E-state index in [2.05, 4.69) is 30.3 Å². The van der Waals surface area contributed by atoms with E-state index in [0.29, 0.717) is 36.8 Å². The van der Waals surface area contributed by atoms with Crippen LogP contribution in [0.25, 0.3) is 16.8 Å². The summed E-state index contributed by atoms with van der Waals surface area (Å²) in [6.07, 6.45) is 2.40. The average molecular weight is 565 g/mol. The molecule has 1 fully saturated rings. The molecule has 0 bridgehead atoms. The van der Waals surface area contributed by atoms with Gasteiger partial charge in [-0.1, -0.05) is 66.7 Å². The number of imide groups is 1. The second kappa shape index (κ2) is 11.5. The number of hydrogen-bond acceptors (Lipinski definition) is 6. The molecule has 1 saturated heterocycles. The maximum Gasteiger partial charge on any atom is 0.294 e. The van der Waals surface area contributed by atoms with Crippen molar-refractivity contribution in [1.29, 1.82) is 0 Å². The molecule has 7 nitrogen and oxygen atoms in total. The fraction of sp³-hybridized carbons (Fsp3) is 0.182. The number of thioether (sulfide) groups is 1. The molecule has 3 amide bonds. The molecule has 206 valence electrons. The van der Waals surface area contributed by atoms with Gasteiger partial charge in [0.1, 0.15) is 13.2 Å². The van der Waals surface area contributed by atoms with Crippen LogP contribution in [0.5, 0.6) is 11.5 Å². The van der Waals surface area contributed by atoms with Gasteiger partial charge in [0.05, 0.1) is 12.0 Å². The van der Waals surface area contributed by atoms with Crippen molar-refractivity contribution in [2.24, 2.45) is 0 Å². The highest BCUT2D eigenvalue weighted by Gasteiger charge is 2.37. The first-order valence-electron chi connectivity index (χ1n) is 13.4. The molecule has 0 aliphatic carbocycles. The van der Waals surface area contributed by atoms with Gasteiger partial charge in [0.2, 0.25) is 5.91 Å². The van der Waals surface area contributed by atoms with Crippen molar-refractivity contribution >= 4 is 45.7 Å². The Kier molecular flexibility index (Phi) is 7.48. The number of amides is 3. The van der Waals surface area contributed by atoms with Crippen LogP contribution < -0.4 is 9.47 Å². The fourth-order valence-electron chi connectivity index (χ4n) is 5.11. The largest absolute Gasteiger partial charge is 0.493 e. The smallest absolute Gasteiger partial charge is 0.294 e. The molecule has 0 atom stereocenters. The van der Waals surface area contributed by atoms with Crippen molar-refractivity contribution in [1.82, 2.24) is 9.80 Å². The highest BCUT2D eigenvalue weighted by atomic mass is 32.2. The van der Waals surface area contributed by atoms with Crippen LogP contribution in [0.4, 0.5) is 4.79 Å². The fourth-order valence-corrected chi connectivity index (χ4v) is 5.95. The second-order valence-electron chi connectivity index (χ2n) is 9.98. The van der Waals surface area contributed by atoms with Gasteiger partial charge < -0.3 is 14.4 Å².